The second kappa shape index (κ2) is 11.6. The number of hydrogen-bond donors (Lipinski definition) is 1. The molecule has 0 atom stereocenters. The molecule has 0 saturated heterocycles. The number of carbonyl (C=O) groups excluding carboxylic acids is 1. The van der Waals surface area contributed by atoms with Gasteiger partial charge >= 0.3 is 0 Å². The highest BCUT2D eigenvalue weighted by atomic mass is 16.5. The van der Waals surface area contributed by atoms with Gasteiger partial charge in [-0.3, -0.25) is 9.78 Å². The van der Waals surface area contributed by atoms with Crippen molar-refractivity contribution in [2.45, 2.75) is 19.8 Å². The van der Waals surface area contributed by atoms with Gasteiger partial charge in [0.15, 0.2) is 17.3 Å². The molecule has 1 N–H and O–H groups in total. The molecule has 0 bridgehead atoms. The van der Waals surface area contributed by atoms with Gasteiger partial charge in [0.25, 0.3) is 0 Å². The summed E-state index contributed by atoms with van der Waals surface area (Å²) in [6.45, 7) is 2.06. The Hall–Kier alpha value is -4.91. The molecule has 5 rings (SSSR count). The third-order valence-electron chi connectivity index (χ3n) is 6.54. The molecule has 0 saturated carbocycles. The maximum absolute atomic E-state index is 13.1. The van der Waals surface area contributed by atoms with Crippen LogP contribution in [0.15, 0.2) is 91.3 Å². The molecule has 2 heterocycles. The fraction of sp³-hybridized carbons (Fsp3) is 0.156. The van der Waals surface area contributed by atoms with Gasteiger partial charge in [0.2, 0.25) is 0 Å². The lowest BCUT2D eigenvalue weighted by Gasteiger charge is -2.13. The summed E-state index contributed by atoms with van der Waals surface area (Å²) in [7, 11) is 3.19. The van der Waals surface area contributed by atoms with Crippen molar-refractivity contribution < 1.29 is 19.0 Å². The van der Waals surface area contributed by atoms with Crippen molar-refractivity contribution in [1.82, 2.24) is 9.97 Å². The Morgan fingerprint density at radius 3 is 2.36 bits per heavy atom. The predicted octanol–water partition coefficient (Wildman–Crippen LogP) is 7.31. The van der Waals surface area contributed by atoms with E-state index in [1.54, 1.807) is 32.7 Å². The lowest BCUT2D eigenvalue weighted by molar-refractivity contribution is 0.0983. The zero-order chi connectivity index (χ0) is 27.2. The van der Waals surface area contributed by atoms with Gasteiger partial charge in [-0.2, -0.15) is 0 Å². The van der Waals surface area contributed by atoms with Crippen molar-refractivity contribution >= 4 is 28.2 Å². The number of methoxy groups -OCH3 is 2. The molecule has 0 fully saturated rings. The molecule has 5 aromatic rings. The van der Waals surface area contributed by atoms with Crippen LogP contribution in [0.1, 0.15) is 27.9 Å². The first-order chi connectivity index (χ1) is 19.1. The summed E-state index contributed by atoms with van der Waals surface area (Å²) in [5.74, 6) is 3.08. The SMILES string of the molecule is COc1cc2nccc(Oc3ccc(Nc4ncccc4C(=O)CCc4ccccc4C)cc3)c2cc1OC. The number of pyridine rings is 2. The number of aromatic nitrogens is 2. The Labute approximate surface area is 227 Å². The standard InChI is InChI=1S/C32H29N3O4/c1-21-7-4-5-8-22(21)10-15-28(36)25-9-6-17-34-32(25)35-23-11-13-24(14-12-23)39-29-16-18-33-27-20-31(38-3)30(37-2)19-26(27)29/h4-9,11-14,16-20H,10,15H2,1-3H3,(H,34,35). The Morgan fingerprint density at radius 2 is 1.59 bits per heavy atom. The molecular weight excluding hydrogens is 490 g/mol. The molecular formula is C32H29N3O4. The van der Waals surface area contributed by atoms with E-state index in [4.69, 9.17) is 14.2 Å². The Morgan fingerprint density at radius 1 is 0.821 bits per heavy atom. The monoisotopic (exact) mass is 519 g/mol. The highest BCUT2D eigenvalue weighted by Gasteiger charge is 2.14. The number of anilines is 2. The number of hydrogen-bond acceptors (Lipinski definition) is 7. The maximum atomic E-state index is 13.1. The lowest BCUT2D eigenvalue weighted by atomic mass is 10.00. The molecule has 0 aliphatic rings. The third kappa shape index (κ3) is 5.83. The summed E-state index contributed by atoms with van der Waals surface area (Å²) in [6.07, 6.45) is 4.47. The topological polar surface area (TPSA) is 82.6 Å². The normalized spacial score (nSPS) is 10.7. The Balaban J connectivity index is 1.30. The first kappa shape index (κ1) is 25.7. The average molecular weight is 520 g/mol. The number of nitrogens with one attached hydrogen (secondary N) is 1. The predicted molar refractivity (Wildman–Crippen MR) is 153 cm³/mol. The highest BCUT2D eigenvalue weighted by molar-refractivity contribution is 6.01. The molecule has 196 valence electrons. The van der Waals surface area contributed by atoms with Crippen molar-refractivity contribution in [3.63, 3.8) is 0 Å². The molecule has 0 aliphatic heterocycles. The zero-order valence-electron chi connectivity index (χ0n) is 22.1. The number of aryl methyl sites for hydroxylation is 2. The zero-order valence-corrected chi connectivity index (χ0v) is 22.1. The number of nitrogens with zero attached hydrogens (tertiary/aromatic N) is 2. The van der Waals surface area contributed by atoms with E-state index < -0.39 is 0 Å². The van der Waals surface area contributed by atoms with Crippen LogP contribution in [0, 0.1) is 6.92 Å². The first-order valence-electron chi connectivity index (χ1n) is 12.6. The van der Waals surface area contributed by atoms with Crippen molar-refractivity contribution in [1.29, 1.82) is 0 Å². The van der Waals surface area contributed by atoms with Crippen molar-refractivity contribution in [3.05, 3.63) is 108 Å². The molecule has 2 aromatic heterocycles. The molecule has 0 unspecified atom stereocenters. The molecule has 0 aliphatic carbocycles. The van der Waals surface area contributed by atoms with E-state index in [-0.39, 0.29) is 5.78 Å². The minimum absolute atomic E-state index is 0.0467. The van der Waals surface area contributed by atoms with Gasteiger partial charge in [-0.1, -0.05) is 24.3 Å². The largest absolute Gasteiger partial charge is 0.493 e. The number of carbonyl (C=O) groups is 1. The van der Waals surface area contributed by atoms with Crippen LogP contribution in [-0.2, 0) is 6.42 Å². The second-order valence-electron chi connectivity index (χ2n) is 9.03. The van der Waals surface area contributed by atoms with Gasteiger partial charge in [-0.05, 0) is 73.0 Å². The molecule has 39 heavy (non-hydrogen) atoms. The van der Waals surface area contributed by atoms with E-state index in [1.807, 2.05) is 60.7 Å². The summed E-state index contributed by atoms with van der Waals surface area (Å²) in [6, 6.07) is 24.7. The summed E-state index contributed by atoms with van der Waals surface area (Å²) in [4.78, 5) is 21.9. The van der Waals surface area contributed by atoms with Gasteiger partial charge < -0.3 is 19.5 Å². The van der Waals surface area contributed by atoms with E-state index in [2.05, 4.69) is 34.3 Å². The summed E-state index contributed by atoms with van der Waals surface area (Å²) >= 11 is 0. The molecule has 0 spiro atoms. The van der Waals surface area contributed by atoms with Crippen LogP contribution < -0.4 is 19.5 Å². The van der Waals surface area contributed by atoms with Crippen LogP contribution in [0.25, 0.3) is 10.9 Å². The minimum Gasteiger partial charge on any atom is -0.493 e. The smallest absolute Gasteiger partial charge is 0.166 e. The number of Topliss-reactive ketones (excluding diaryl/α,β-unsaturated/α-hetero) is 1. The van der Waals surface area contributed by atoms with E-state index in [9.17, 15) is 4.79 Å². The van der Waals surface area contributed by atoms with Crippen LogP contribution >= 0.6 is 0 Å². The summed E-state index contributed by atoms with van der Waals surface area (Å²) < 4.78 is 17.0. The van der Waals surface area contributed by atoms with Crippen molar-refractivity contribution in [2.75, 3.05) is 19.5 Å². The number of ether oxygens (including phenoxy) is 3. The number of rotatable bonds is 10. The van der Waals surface area contributed by atoms with Gasteiger partial charge in [-0.15, -0.1) is 0 Å². The molecule has 0 radical (unpaired) electrons. The minimum atomic E-state index is 0.0467. The Kier molecular flexibility index (Phi) is 7.68. The van der Waals surface area contributed by atoms with Gasteiger partial charge in [-0.25, -0.2) is 4.98 Å². The highest BCUT2D eigenvalue weighted by Crippen LogP contribution is 2.37. The molecule has 3 aromatic carbocycles. The number of benzene rings is 3. The molecule has 7 heteroatoms. The van der Waals surface area contributed by atoms with E-state index in [1.165, 1.54) is 11.1 Å². The maximum Gasteiger partial charge on any atom is 0.166 e. The third-order valence-corrected chi connectivity index (χ3v) is 6.54. The van der Waals surface area contributed by atoms with E-state index in [0.717, 1.165) is 16.6 Å². The van der Waals surface area contributed by atoms with Crippen LogP contribution in [0.3, 0.4) is 0 Å². The van der Waals surface area contributed by atoms with Crippen LogP contribution in [0.4, 0.5) is 11.5 Å². The van der Waals surface area contributed by atoms with E-state index in [0.29, 0.717) is 47.2 Å². The lowest BCUT2D eigenvalue weighted by Crippen LogP contribution is -2.07. The quantitative estimate of drug-likeness (QED) is 0.194. The second-order valence-corrected chi connectivity index (χ2v) is 9.03. The molecule has 0 amide bonds. The average Bonchev–Trinajstić information content (AvgIpc) is 2.97. The Bertz CT molecular complexity index is 1620. The van der Waals surface area contributed by atoms with Crippen LogP contribution in [0.2, 0.25) is 0 Å². The van der Waals surface area contributed by atoms with Crippen LogP contribution in [-0.4, -0.2) is 30.0 Å². The number of fused-ring (bicyclic) bond motifs is 1. The van der Waals surface area contributed by atoms with Crippen molar-refractivity contribution in [3.8, 4) is 23.0 Å². The summed E-state index contributed by atoms with van der Waals surface area (Å²) in [5.41, 5.74) is 4.47. The fourth-order valence-electron chi connectivity index (χ4n) is 4.41. The molecule has 7 nitrogen and oxygen atoms in total. The first-order valence-corrected chi connectivity index (χ1v) is 12.6. The van der Waals surface area contributed by atoms with Gasteiger partial charge in [0.05, 0.1) is 25.3 Å². The fourth-order valence-corrected chi connectivity index (χ4v) is 4.41. The van der Waals surface area contributed by atoms with E-state index >= 15 is 0 Å². The van der Waals surface area contributed by atoms with Crippen molar-refractivity contribution in [2.24, 2.45) is 0 Å². The van der Waals surface area contributed by atoms with Crippen LogP contribution in [0.5, 0.6) is 23.0 Å². The summed E-state index contributed by atoms with van der Waals surface area (Å²) in [5, 5.41) is 4.09. The number of ketones is 1. The van der Waals surface area contributed by atoms with Gasteiger partial charge in [0.1, 0.15) is 17.3 Å². The van der Waals surface area contributed by atoms with Gasteiger partial charge in [0, 0.05) is 36.0 Å².